The molecule has 0 bridgehead atoms. The van der Waals surface area contributed by atoms with E-state index in [1.54, 1.807) is 0 Å². The third-order valence-electron chi connectivity index (χ3n) is 1.94. The van der Waals surface area contributed by atoms with Crippen molar-refractivity contribution in [2.45, 2.75) is 25.4 Å². The first-order chi connectivity index (χ1) is 7.31. The SMILES string of the molecule is C=CC(=O)CCOC(C)(CC(=O)O)C(=O)O. The number of allylic oxidation sites excluding steroid dienone is 1. The van der Waals surface area contributed by atoms with Crippen LogP contribution in [-0.4, -0.2) is 40.1 Å². The first-order valence-electron chi connectivity index (χ1n) is 4.56. The van der Waals surface area contributed by atoms with E-state index in [9.17, 15) is 14.4 Å². The van der Waals surface area contributed by atoms with E-state index in [4.69, 9.17) is 14.9 Å². The molecular weight excluding hydrogens is 216 g/mol. The number of carboxylic acids is 2. The molecule has 16 heavy (non-hydrogen) atoms. The maximum Gasteiger partial charge on any atom is 0.336 e. The van der Waals surface area contributed by atoms with Crippen LogP contribution in [0, 0.1) is 0 Å². The highest BCUT2D eigenvalue weighted by atomic mass is 16.5. The third kappa shape index (κ3) is 4.70. The van der Waals surface area contributed by atoms with Crippen LogP contribution in [0.4, 0.5) is 0 Å². The van der Waals surface area contributed by atoms with Gasteiger partial charge in [-0.25, -0.2) is 4.79 Å². The summed E-state index contributed by atoms with van der Waals surface area (Å²) in [5, 5.41) is 17.3. The average molecular weight is 230 g/mol. The normalized spacial score (nSPS) is 13.8. The van der Waals surface area contributed by atoms with Gasteiger partial charge >= 0.3 is 11.9 Å². The maximum absolute atomic E-state index is 10.8. The van der Waals surface area contributed by atoms with E-state index in [0.29, 0.717) is 0 Å². The summed E-state index contributed by atoms with van der Waals surface area (Å²) in [4.78, 5) is 32.1. The molecule has 1 atom stereocenters. The fraction of sp³-hybridized carbons (Fsp3) is 0.500. The lowest BCUT2D eigenvalue weighted by Crippen LogP contribution is -2.41. The molecule has 6 heteroatoms. The minimum absolute atomic E-state index is 0.0218. The Morgan fingerprint density at radius 1 is 1.38 bits per heavy atom. The zero-order chi connectivity index (χ0) is 12.8. The van der Waals surface area contributed by atoms with Crippen molar-refractivity contribution >= 4 is 17.7 Å². The minimum atomic E-state index is -1.81. The van der Waals surface area contributed by atoms with Crippen LogP contribution in [0.25, 0.3) is 0 Å². The molecule has 0 spiro atoms. The lowest BCUT2D eigenvalue weighted by atomic mass is 10.0. The first-order valence-corrected chi connectivity index (χ1v) is 4.56. The molecule has 0 aromatic rings. The second-order valence-corrected chi connectivity index (χ2v) is 3.38. The predicted molar refractivity (Wildman–Crippen MR) is 54.1 cm³/mol. The molecule has 2 N–H and O–H groups in total. The van der Waals surface area contributed by atoms with Crippen molar-refractivity contribution < 1.29 is 29.3 Å². The highest BCUT2D eigenvalue weighted by molar-refractivity contribution is 5.89. The molecule has 0 aliphatic carbocycles. The molecule has 0 rings (SSSR count). The Balaban J connectivity index is 4.34. The van der Waals surface area contributed by atoms with Crippen molar-refractivity contribution in [1.82, 2.24) is 0 Å². The molecule has 0 amide bonds. The van der Waals surface area contributed by atoms with E-state index in [-0.39, 0.29) is 18.8 Å². The average Bonchev–Trinajstić information content (AvgIpc) is 2.16. The molecule has 0 aliphatic rings. The Bertz CT molecular complexity index is 308. The standard InChI is InChI=1S/C10H14O6/c1-3-7(11)4-5-16-10(2,9(14)15)6-8(12)13/h3H,1,4-6H2,2H3,(H,12,13)(H,14,15). The van der Waals surface area contributed by atoms with E-state index in [1.807, 2.05) is 0 Å². The van der Waals surface area contributed by atoms with Gasteiger partial charge in [-0.2, -0.15) is 0 Å². The van der Waals surface area contributed by atoms with Crippen LogP contribution in [0.15, 0.2) is 12.7 Å². The predicted octanol–water partition coefficient (Wildman–Crippen LogP) is 0.466. The molecule has 0 aromatic heterocycles. The van der Waals surface area contributed by atoms with Gasteiger partial charge in [-0.3, -0.25) is 9.59 Å². The fourth-order valence-electron chi connectivity index (χ4n) is 0.956. The van der Waals surface area contributed by atoms with Gasteiger partial charge in [0.15, 0.2) is 11.4 Å². The largest absolute Gasteiger partial charge is 0.481 e. The molecule has 0 heterocycles. The van der Waals surface area contributed by atoms with Crippen molar-refractivity contribution in [3.05, 3.63) is 12.7 Å². The summed E-state index contributed by atoms with van der Waals surface area (Å²) >= 11 is 0. The molecule has 0 saturated carbocycles. The van der Waals surface area contributed by atoms with Crippen molar-refractivity contribution in [1.29, 1.82) is 0 Å². The van der Waals surface area contributed by atoms with Crippen LogP contribution in [0.5, 0.6) is 0 Å². The van der Waals surface area contributed by atoms with Crippen LogP contribution in [0.1, 0.15) is 19.8 Å². The molecule has 0 saturated heterocycles. The van der Waals surface area contributed by atoms with Crippen molar-refractivity contribution in [2.75, 3.05) is 6.61 Å². The number of aliphatic carboxylic acids is 2. The van der Waals surface area contributed by atoms with Crippen LogP contribution in [0.2, 0.25) is 0 Å². The second kappa shape index (κ2) is 6.02. The lowest BCUT2D eigenvalue weighted by molar-refractivity contribution is -0.170. The van der Waals surface area contributed by atoms with Gasteiger partial charge in [0.25, 0.3) is 0 Å². The van der Waals surface area contributed by atoms with E-state index < -0.39 is 24.0 Å². The van der Waals surface area contributed by atoms with Crippen LogP contribution in [-0.2, 0) is 19.1 Å². The molecule has 1 unspecified atom stereocenters. The Labute approximate surface area is 92.5 Å². The number of carbonyl (C=O) groups is 3. The summed E-state index contributed by atoms with van der Waals surface area (Å²) in [7, 11) is 0. The van der Waals surface area contributed by atoms with Gasteiger partial charge in [0.2, 0.25) is 0 Å². The summed E-state index contributed by atoms with van der Waals surface area (Å²) in [6, 6.07) is 0. The first kappa shape index (κ1) is 14.3. The highest BCUT2D eigenvalue weighted by Crippen LogP contribution is 2.16. The zero-order valence-corrected chi connectivity index (χ0v) is 8.93. The monoisotopic (exact) mass is 230 g/mol. The molecule has 6 nitrogen and oxygen atoms in total. The van der Waals surface area contributed by atoms with Gasteiger partial charge in [-0.05, 0) is 13.0 Å². The topological polar surface area (TPSA) is 101 Å². The number of carbonyl (C=O) groups excluding carboxylic acids is 1. The van der Waals surface area contributed by atoms with Crippen LogP contribution >= 0.6 is 0 Å². The Kier molecular flexibility index (Phi) is 5.38. The molecule has 0 aliphatic heterocycles. The number of carboxylic acid groups (broad SMARTS) is 2. The molecule has 90 valence electrons. The fourth-order valence-corrected chi connectivity index (χ4v) is 0.956. The van der Waals surface area contributed by atoms with Gasteiger partial charge in [0.05, 0.1) is 13.0 Å². The van der Waals surface area contributed by atoms with E-state index in [2.05, 4.69) is 6.58 Å². The summed E-state index contributed by atoms with van der Waals surface area (Å²) in [5.41, 5.74) is -1.81. The van der Waals surface area contributed by atoms with Crippen LogP contribution < -0.4 is 0 Å². The Morgan fingerprint density at radius 2 is 1.94 bits per heavy atom. The summed E-state index contributed by atoms with van der Waals surface area (Å²) in [5.74, 6) is -2.94. The summed E-state index contributed by atoms with van der Waals surface area (Å²) in [6.07, 6.45) is 0.412. The quantitative estimate of drug-likeness (QED) is 0.587. The van der Waals surface area contributed by atoms with Gasteiger partial charge in [0.1, 0.15) is 0 Å². The van der Waals surface area contributed by atoms with Crippen molar-refractivity contribution in [2.24, 2.45) is 0 Å². The second-order valence-electron chi connectivity index (χ2n) is 3.38. The summed E-state index contributed by atoms with van der Waals surface area (Å²) in [6.45, 7) is 4.25. The number of hydrogen-bond donors (Lipinski definition) is 2. The molecule has 0 fully saturated rings. The highest BCUT2D eigenvalue weighted by Gasteiger charge is 2.36. The number of rotatable bonds is 8. The number of ether oxygens (including phenoxy) is 1. The molecule has 0 radical (unpaired) electrons. The minimum Gasteiger partial charge on any atom is -0.481 e. The summed E-state index contributed by atoms with van der Waals surface area (Å²) < 4.78 is 4.93. The maximum atomic E-state index is 10.8. The number of hydrogen-bond acceptors (Lipinski definition) is 4. The van der Waals surface area contributed by atoms with Gasteiger partial charge in [-0.1, -0.05) is 6.58 Å². The van der Waals surface area contributed by atoms with E-state index in [0.717, 1.165) is 13.0 Å². The van der Waals surface area contributed by atoms with Gasteiger partial charge in [0, 0.05) is 6.42 Å². The smallest absolute Gasteiger partial charge is 0.336 e. The Morgan fingerprint density at radius 3 is 2.31 bits per heavy atom. The Hall–Kier alpha value is -1.69. The van der Waals surface area contributed by atoms with Gasteiger partial charge in [-0.15, -0.1) is 0 Å². The third-order valence-corrected chi connectivity index (χ3v) is 1.94. The van der Waals surface area contributed by atoms with Gasteiger partial charge < -0.3 is 14.9 Å². The molecule has 0 aromatic carbocycles. The van der Waals surface area contributed by atoms with Crippen molar-refractivity contribution in [3.63, 3.8) is 0 Å². The van der Waals surface area contributed by atoms with Crippen molar-refractivity contribution in [3.8, 4) is 0 Å². The van der Waals surface area contributed by atoms with E-state index >= 15 is 0 Å². The molecular formula is C10H14O6. The van der Waals surface area contributed by atoms with E-state index in [1.165, 1.54) is 0 Å². The zero-order valence-electron chi connectivity index (χ0n) is 8.93. The lowest BCUT2D eigenvalue weighted by Gasteiger charge is -2.23. The van der Waals surface area contributed by atoms with Crippen LogP contribution in [0.3, 0.4) is 0 Å². The number of ketones is 1.